The minimum absolute atomic E-state index is 0.00642. The third kappa shape index (κ3) is 5.08. The fourth-order valence-corrected chi connectivity index (χ4v) is 5.61. The van der Waals surface area contributed by atoms with Gasteiger partial charge in [-0.2, -0.15) is 5.26 Å². The number of hydrogen-bond donors (Lipinski definition) is 1. The number of nitrogens with zero attached hydrogens (tertiary/aromatic N) is 4. The first-order chi connectivity index (χ1) is 20.5. The van der Waals surface area contributed by atoms with Crippen LogP contribution in [0.5, 0.6) is 5.88 Å². The van der Waals surface area contributed by atoms with Crippen molar-refractivity contribution in [2.24, 2.45) is 0 Å². The molecule has 1 aliphatic carbocycles. The lowest BCUT2D eigenvalue weighted by atomic mass is 9.98. The van der Waals surface area contributed by atoms with E-state index in [1.165, 1.54) is 11.6 Å². The highest BCUT2D eigenvalue weighted by Crippen LogP contribution is 2.40. The Kier molecular flexibility index (Phi) is 7.38. The van der Waals surface area contributed by atoms with Crippen molar-refractivity contribution in [1.82, 2.24) is 14.5 Å². The molecule has 0 spiro atoms. The molecular weight excluding hydrogens is 535 g/mol. The molecule has 2 aromatic heterocycles. The Morgan fingerprint density at radius 3 is 2.76 bits per heavy atom. The Labute approximate surface area is 241 Å². The Morgan fingerprint density at radius 1 is 1.12 bits per heavy atom. The van der Waals surface area contributed by atoms with E-state index in [1.54, 1.807) is 37.4 Å². The van der Waals surface area contributed by atoms with Crippen molar-refractivity contribution in [2.75, 3.05) is 13.7 Å². The smallest absolute Gasteiger partial charge is 0.337 e. The summed E-state index contributed by atoms with van der Waals surface area (Å²) < 4.78 is 27.5. The number of fused-ring (bicyclic) bond motifs is 2. The number of hydrogen-bond acceptors (Lipinski definition) is 6. The molecule has 9 heteroatoms. The van der Waals surface area contributed by atoms with Gasteiger partial charge in [-0.3, -0.25) is 0 Å². The number of aromatic nitrogens is 3. The van der Waals surface area contributed by atoms with Crippen molar-refractivity contribution in [3.05, 3.63) is 112 Å². The van der Waals surface area contributed by atoms with Crippen LogP contribution >= 0.6 is 0 Å². The molecule has 8 nitrogen and oxygen atoms in total. The molecule has 42 heavy (non-hydrogen) atoms. The molecule has 2 heterocycles. The molecular formula is C33H27FN4O4. The van der Waals surface area contributed by atoms with Crippen LogP contribution in [0, 0.1) is 17.1 Å². The summed E-state index contributed by atoms with van der Waals surface area (Å²) in [7, 11) is 1.65. The van der Waals surface area contributed by atoms with E-state index < -0.39 is 11.8 Å². The fourth-order valence-electron chi connectivity index (χ4n) is 5.61. The molecule has 1 unspecified atom stereocenters. The van der Waals surface area contributed by atoms with Crippen LogP contribution in [-0.4, -0.2) is 39.3 Å². The van der Waals surface area contributed by atoms with Gasteiger partial charge in [0.15, 0.2) is 0 Å². The van der Waals surface area contributed by atoms with Crippen LogP contribution in [0.3, 0.4) is 0 Å². The van der Waals surface area contributed by atoms with E-state index in [2.05, 4.69) is 21.7 Å². The Bertz CT molecular complexity index is 1860. The maximum absolute atomic E-state index is 14.3. The van der Waals surface area contributed by atoms with Crippen LogP contribution in [0.4, 0.5) is 4.39 Å². The Morgan fingerprint density at radius 2 is 1.98 bits per heavy atom. The number of nitriles is 1. The van der Waals surface area contributed by atoms with Crippen LogP contribution in [0.25, 0.3) is 22.3 Å². The van der Waals surface area contributed by atoms with Crippen molar-refractivity contribution < 1.29 is 23.8 Å². The van der Waals surface area contributed by atoms with E-state index in [1.807, 2.05) is 30.3 Å². The molecule has 6 rings (SSSR count). The zero-order chi connectivity index (χ0) is 29.2. The quantitative estimate of drug-likeness (QED) is 0.231. The minimum Gasteiger partial charge on any atom is -0.478 e. The number of benzene rings is 3. The molecule has 1 N–H and O–H groups in total. The lowest BCUT2D eigenvalue weighted by Crippen LogP contribution is -2.11. The number of aromatic carboxylic acids is 1. The average Bonchev–Trinajstić information content (AvgIpc) is 3.60. The van der Waals surface area contributed by atoms with Gasteiger partial charge in [0, 0.05) is 36.8 Å². The van der Waals surface area contributed by atoms with Crippen LogP contribution in [0.1, 0.15) is 50.8 Å². The standard InChI is InChI=1S/C33H27FN4O4/c1-41-15-14-38-29-6-2-4-26(33(39)40)31(29)37-32(38)25-13-10-21-17-22(11-12-24(21)25)28-5-3-7-30(36-28)42-19-23-9-8-20(18-35)16-27(23)34/h2-9,11-12,16-17,25H,10,13-15,19H2,1H3,(H,39,40). The minimum atomic E-state index is -0.999. The van der Waals surface area contributed by atoms with Gasteiger partial charge in [-0.1, -0.05) is 30.3 Å². The first kappa shape index (κ1) is 27.1. The van der Waals surface area contributed by atoms with Crippen molar-refractivity contribution in [2.45, 2.75) is 31.9 Å². The summed E-state index contributed by atoms with van der Waals surface area (Å²) in [4.78, 5) is 21.4. The summed E-state index contributed by atoms with van der Waals surface area (Å²) in [6, 6.07) is 23.2. The zero-order valence-corrected chi connectivity index (χ0v) is 22.9. The highest BCUT2D eigenvalue weighted by molar-refractivity contribution is 6.01. The Balaban J connectivity index is 1.27. The normalized spacial score (nSPS) is 14.1. The van der Waals surface area contributed by atoms with E-state index in [0.717, 1.165) is 41.0 Å². The number of pyridine rings is 1. The second kappa shape index (κ2) is 11.4. The summed E-state index contributed by atoms with van der Waals surface area (Å²) in [5, 5.41) is 18.7. The van der Waals surface area contributed by atoms with Crippen LogP contribution in [0.15, 0.2) is 72.8 Å². The van der Waals surface area contributed by atoms with Gasteiger partial charge in [-0.25, -0.2) is 19.2 Å². The summed E-state index contributed by atoms with van der Waals surface area (Å²) in [6.45, 7) is 1.04. The molecule has 0 aliphatic heterocycles. The number of para-hydroxylation sites is 1. The summed E-state index contributed by atoms with van der Waals surface area (Å²) in [5.41, 5.74) is 6.08. The SMILES string of the molecule is COCCn1c(C2CCc3cc(-c4cccc(OCc5ccc(C#N)cc5F)n4)ccc32)nc2c(C(=O)O)cccc21. The number of imidazole rings is 1. The molecule has 5 aromatic rings. The summed E-state index contributed by atoms with van der Waals surface area (Å²) >= 11 is 0. The highest BCUT2D eigenvalue weighted by atomic mass is 19.1. The molecule has 3 aromatic carbocycles. The van der Waals surface area contributed by atoms with Gasteiger partial charge in [-0.05, 0) is 60.4 Å². The second-order valence-corrected chi connectivity index (χ2v) is 10.2. The number of halogens is 1. The number of ether oxygens (including phenoxy) is 2. The zero-order valence-electron chi connectivity index (χ0n) is 22.9. The predicted octanol–water partition coefficient (Wildman–Crippen LogP) is 6.11. The van der Waals surface area contributed by atoms with Crippen molar-refractivity contribution >= 4 is 17.0 Å². The third-order valence-electron chi connectivity index (χ3n) is 7.67. The number of carbonyl (C=O) groups is 1. The van der Waals surface area contributed by atoms with Crippen LogP contribution in [-0.2, 0) is 24.3 Å². The predicted molar refractivity (Wildman–Crippen MR) is 154 cm³/mol. The molecule has 0 amide bonds. The molecule has 1 atom stereocenters. The molecule has 0 radical (unpaired) electrons. The maximum Gasteiger partial charge on any atom is 0.337 e. The highest BCUT2D eigenvalue weighted by Gasteiger charge is 2.30. The lowest BCUT2D eigenvalue weighted by Gasteiger charge is -2.15. The van der Waals surface area contributed by atoms with E-state index in [4.69, 9.17) is 19.7 Å². The van der Waals surface area contributed by atoms with E-state index in [9.17, 15) is 14.3 Å². The summed E-state index contributed by atoms with van der Waals surface area (Å²) in [6.07, 6.45) is 1.70. The average molecular weight is 563 g/mol. The molecule has 0 saturated carbocycles. The first-order valence-corrected chi connectivity index (χ1v) is 13.6. The Hall–Kier alpha value is -5.07. The number of aryl methyl sites for hydroxylation is 1. The van der Waals surface area contributed by atoms with Crippen molar-refractivity contribution in [1.29, 1.82) is 5.26 Å². The largest absolute Gasteiger partial charge is 0.478 e. The van der Waals surface area contributed by atoms with E-state index >= 15 is 0 Å². The molecule has 0 fully saturated rings. The monoisotopic (exact) mass is 562 g/mol. The van der Waals surface area contributed by atoms with E-state index in [-0.39, 0.29) is 23.7 Å². The summed E-state index contributed by atoms with van der Waals surface area (Å²) in [5.74, 6) is -0.263. The fraction of sp³-hybridized carbons (Fsp3) is 0.212. The number of rotatable bonds is 9. The van der Waals surface area contributed by atoms with Gasteiger partial charge in [0.25, 0.3) is 0 Å². The van der Waals surface area contributed by atoms with Gasteiger partial charge in [0.1, 0.15) is 23.8 Å². The van der Waals surface area contributed by atoms with Crippen LogP contribution in [0.2, 0.25) is 0 Å². The first-order valence-electron chi connectivity index (χ1n) is 13.6. The van der Waals surface area contributed by atoms with Gasteiger partial charge in [-0.15, -0.1) is 0 Å². The van der Waals surface area contributed by atoms with Gasteiger partial charge >= 0.3 is 5.97 Å². The lowest BCUT2D eigenvalue weighted by molar-refractivity contribution is 0.0699. The number of methoxy groups -OCH3 is 1. The molecule has 0 saturated heterocycles. The van der Waals surface area contributed by atoms with Gasteiger partial charge in [0.05, 0.1) is 35.0 Å². The topological polar surface area (TPSA) is 110 Å². The van der Waals surface area contributed by atoms with Gasteiger partial charge in [0.2, 0.25) is 5.88 Å². The second-order valence-electron chi connectivity index (χ2n) is 10.2. The van der Waals surface area contributed by atoms with Gasteiger partial charge < -0.3 is 19.1 Å². The van der Waals surface area contributed by atoms with Crippen LogP contribution < -0.4 is 4.74 Å². The molecule has 1 aliphatic rings. The van der Waals surface area contributed by atoms with E-state index in [0.29, 0.717) is 30.1 Å². The van der Waals surface area contributed by atoms with Crippen molar-refractivity contribution in [3.63, 3.8) is 0 Å². The molecule has 210 valence electrons. The number of carboxylic acids is 1. The number of carboxylic acid groups (broad SMARTS) is 1. The van der Waals surface area contributed by atoms with Crippen molar-refractivity contribution in [3.8, 4) is 23.2 Å². The molecule has 0 bridgehead atoms. The third-order valence-corrected chi connectivity index (χ3v) is 7.67. The maximum atomic E-state index is 14.3.